The number of aromatic nitrogens is 2. The van der Waals surface area contributed by atoms with Crippen LogP contribution in [0, 0.1) is 19.7 Å². The quantitative estimate of drug-likeness (QED) is 0.318. The SMILES string of the molecule is COc1ccc(C(=O)Nc2cnn(Cc3c(F)cccc3Cl)c2)cc1COc1cc(C)ccc1C. The molecule has 1 N–H and O–H groups in total. The predicted molar refractivity (Wildman–Crippen MR) is 134 cm³/mol. The summed E-state index contributed by atoms with van der Waals surface area (Å²) in [5.74, 6) is 0.683. The van der Waals surface area contributed by atoms with E-state index in [0.717, 1.165) is 22.4 Å². The minimum Gasteiger partial charge on any atom is -0.496 e. The maximum atomic E-state index is 14.1. The van der Waals surface area contributed by atoms with E-state index in [2.05, 4.69) is 10.4 Å². The summed E-state index contributed by atoms with van der Waals surface area (Å²) in [6.07, 6.45) is 3.12. The summed E-state index contributed by atoms with van der Waals surface area (Å²) in [5, 5.41) is 7.34. The molecule has 0 aliphatic carbocycles. The first-order valence-corrected chi connectivity index (χ1v) is 11.4. The molecule has 1 heterocycles. The molecule has 8 heteroatoms. The summed E-state index contributed by atoms with van der Waals surface area (Å²) < 4.78 is 27.0. The summed E-state index contributed by atoms with van der Waals surface area (Å²) in [4.78, 5) is 12.9. The van der Waals surface area contributed by atoms with E-state index < -0.39 is 5.82 Å². The lowest BCUT2D eigenvalue weighted by atomic mass is 10.1. The van der Waals surface area contributed by atoms with E-state index in [0.29, 0.717) is 27.6 Å². The van der Waals surface area contributed by atoms with Gasteiger partial charge in [0.25, 0.3) is 5.91 Å². The second-order valence-electron chi connectivity index (χ2n) is 8.17. The van der Waals surface area contributed by atoms with E-state index in [1.165, 1.54) is 16.9 Å². The fourth-order valence-electron chi connectivity index (χ4n) is 3.61. The Morgan fingerprint density at radius 1 is 1.11 bits per heavy atom. The normalized spacial score (nSPS) is 10.8. The topological polar surface area (TPSA) is 65.4 Å². The second-order valence-corrected chi connectivity index (χ2v) is 8.57. The highest BCUT2D eigenvalue weighted by Crippen LogP contribution is 2.25. The third-order valence-corrected chi connectivity index (χ3v) is 5.90. The van der Waals surface area contributed by atoms with E-state index >= 15 is 0 Å². The molecule has 0 saturated carbocycles. The molecule has 0 saturated heterocycles. The molecule has 4 aromatic rings. The molecule has 0 unspecified atom stereocenters. The van der Waals surface area contributed by atoms with Gasteiger partial charge in [0, 0.05) is 27.9 Å². The summed E-state index contributed by atoms with van der Waals surface area (Å²) in [6, 6.07) is 15.7. The van der Waals surface area contributed by atoms with E-state index in [1.807, 2.05) is 32.0 Å². The Bertz CT molecular complexity index is 1350. The fraction of sp³-hybridized carbons (Fsp3) is 0.185. The van der Waals surface area contributed by atoms with Gasteiger partial charge in [-0.2, -0.15) is 5.10 Å². The van der Waals surface area contributed by atoms with Gasteiger partial charge in [0.1, 0.15) is 23.9 Å². The molecular weight excluding hydrogens is 469 g/mol. The minimum atomic E-state index is -0.410. The second kappa shape index (κ2) is 10.6. The number of ether oxygens (including phenoxy) is 2. The van der Waals surface area contributed by atoms with Crippen molar-refractivity contribution in [2.75, 3.05) is 12.4 Å². The number of carbonyl (C=O) groups is 1. The van der Waals surface area contributed by atoms with Gasteiger partial charge in [-0.3, -0.25) is 9.48 Å². The minimum absolute atomic E-state index is 0.143. The van der Waals surface area contributed by atoms with Crippen LogP contribution in [0.4, 0.5) is 10.1 Å². The van der Waals surface area contributed by atoms with Gasteiger partial charge in [0.15, 0.2) is 0 Å². The monoisotopic (exact) mass is 493 g/mol. The Morgan fingerprint density at radius 2 is 1.94 bits per heavy atom. The molecule has 1 amide bonds. The van der Waals surface area contributed by atoms with Crippen molar-refractivity contribution in [3.63, 3.8) is 0 Å². The lowest BCUT2D eigenvalue weighted by molar-refractivity contribution is 0.102. The molecule has 4 rings (SSSR count). The van der Waals surface area contributed by atoms with Gasteiger partial charge in [0.2, 0.25) is 0 Å². The highest BCUT2D eigenvalue weighted by atomic mass is 35.5. The van der Waals surface area contributed by atoms with Gasteiger partial charge in [-0.05, 0) is 61.4 Å². The number of rotatable bonds is 8. The van der Waals surface area contributed by atoms with Crippen LogP contribution < -0.4 is 14.8 Å². The molecule has 0 bridgehead atoms. The van der Waals surface area contributed by atoms with Gasteiger partial charge in [-0.1, -0.05) is 29.8 Å². The van der Waals surface area contributed by atoms with Crippen LogP contribution in [0.3, 0.4) is 0 Å². The van der Waals surface area contributed by atoms with Gasteiger partial charge < -0.3 is 14.8 Å². The number of carbonyl (C=O) groups excluding carboxylic acids is 1. The van der Waals surface area contributed by atoms with Crippen LogP contribution in [0.5, 0.6) is 11.5 Å². The standard InChI is InChI=1S/C27H25ClFN3O3/c1-17-7-8-18(2)26(11-17)35-16-20-12-19(9-10-25(20)34-3)27(33)31-21-13-30-32(14-21)15-22-23(28)5-4-6-24(22)29/h4-14H,15-16H2,1-3H3,(H,31,33). The molecule has 0 aliphatic rings. The number of nitrogens with zero attached hydrogens (tertiary/aromatic N) is 2. The number of amides is 1. The van der Waals surface area contributed by atoms with Gasteiger partial charge in [0.05, 0.1) is 25.5 Å². The number of benzene rings is 3. The zero-order valence-corrected chi connectivity index (χ0v) is 20.4. The molecule has 180 valence electrons. The summed E-state index contributed by atoms with van der Waals surface area (Å²) in [6.45, 7) is 4.38. The third-order valence-electron chi connectivity index (χ3n) is 5.54. The molecule has 0 atom stereocenters. The summed E-state index contributed by atoms with van der Waals surface area (Å²) in [7, 11) is 1.58. The molecule has 0 radical (unpaired) electrons. The highest BCUT2D eigenvalue weighted by Gasteiger charge is 2.14. The smallest absolute Gasteiger partial charge is 0.255 e. The molecular formula is C27H25ClFN3O3. The largest absolute Gasteiger partial charge is 0.496 e. The van der Waals surface area contributed by atoms with Crippen molar-refractivity contribution in [2.45, 2.75) is 27.0 Å². The van der Waals surface area contributed by atoms with Crippen molar-refractivity contribution in [1.82, 2.24) is 9.78 Å². The first kappa shape index (κ1) is 24.3. The van der Waals surface area contributed by atoms with Crippen molar-refractivity contribution < 1.29 is 18.7 Å². The van der Waals surface area contributed by atoms with Crippen LogP contribution >= 0.6 is 11.6 Å². The van der Waals surface area contributed by atoms with Gasteiger partial charge in [-0.15, -0.1) is 0 Å². The highest BCUT2D eigenvalue weighted by molar-refractivity contribution is 6.31. The molecule has 0 fully saturated rings. The molecule has 0 aliphatic heterocycles. The average molecular weight is 494 g/mol. The lowest BCUT2D eigenvalue weighted by Gasteiger charge is -2.14. The number of halogens is 2. The van der Waals surface area contributed by atoms with Crippen LogP contribution in [-0.4, -0.2) is 22.8 Å². The molecule has 0 spiro atoms. The van der Waals surface area contributed by atoms with Crippen molar-refractivity contribution in [3.8, 4) is 11.5 Å². The van der Waals surface area contributed by atoms with Crippen LogP contribution in [0.2, 0.25) is 5.02 Å². The molecule has 6 nitrogen and oxygen atoms in total. The maximum Gasteiger partial charge on any atom is 0.255 e. The third kappa shape index (κ3) is 5.81. The van der Waals surface area contributed by atoms with Crippen LogP contribution in [0.15, 0.2) is 67.0 Å². The van der Waals surface area contributed by atoms with Crippen LogP contribution in [0.1, 0.15) is 32.6 Å². The summed E-state index contributed by atoms with van der Waals surface area (Å²) >= 11 is 6.10. The van der Waals surface area contributed by atoms with Crippen molar-refractivity contribution in [3.05, 3.63) is 106 Å². The Hall–Kier alpha value is -3.84. The zero-order chi connectivity index (χ0) is 24.9. The molecule has 1 aromatic heterocycles. The first-order valence-electron chi connectivity index (χ1n) is 11.0. The summed E-state index contributed by atoms with van der Waals surface area (Å²) in [5.41, 5.74) is 4.12. The number of hydrogen-bond donors (Lipinski definition) is 1. The number of anilines is 1. The molecule has 35 heavy (non-hydrogen) atoms. The molecule has 3 aromatic carbocycles. The van der Waals surface area contributed by atoms with Crippen molar-refractivity contribution in [1.29, 1.82) is 0 Å². The van der Waals surface area contributed by atoms with E-state index in [-0.39, 0.29) is 19.1 Å². The van der Waals surface area contributed by atoms with Gasteiger partial charge in [-0.25, -0.2) is 4.39 Å². The zero-order valence-electron chi connectivity index (χ0n) is 19.6. The van der Waals surface area contributed by atoms with Crippen LogP contribution in [0.25, 0.3) is 0 Å². The van der Waals surface area contributed by atoms with Crippen LogP contribution in [-0.2, 0) is 13.2 Å². The Morgan fingerprint density at radius 3 is 2.71 bits per heavy atom. The van der Waals surface area contributed by atoms with E-state index in [1.54, 1.807) is 43.6 Å². The lowest BCUT2D eigenvalue weighted by Crippen LogP contribution is -2.12. The van der Waals surface area contributed by atoms with E-state index in [9.17, 15) is 9.18 Å². The van der Waals surface area contributed by atoms with Crippen molar-refractivity contribution in [2.24, 2.45) is 0 Å². The average Bonchev–Trinajstić information content (AvgIpc) is 3.28. The fourth-order valence-corrected chi connectivity index (χ4v) is 3.84. The van der Waals surface area contributed by atoms with E-state index in [4.69, 9.17) is 21.1 Å². The number of aryl methyl sites for hydroxylation is 2. The number of hydrogen-bond acceptors (Lipinski definition) is 4. The Balaban J connectivity index is 1.46. The Kier molecular flexibility index (Phi) is 7.36. The first-order chi connectivity index (χ1) is 16.8. The maximum absolute atomic E-state index is 14.1. The van der Waals surface area contributed by atoms with Crippen molar-refractivity contribution >= 4 is 23.2 Å². The Labute approximate surface area is 208 Å². The predicted octanol–water partition coefficient (Wildman–Crippen LogP) is 6.18. The van der Waals surface area contributed by atoms with Gasteiger partial charge >= 0.3 is 0 Å². The number of methoxy groups -OCH3 is 1. The number of nitrogens with one attached hydrogen (secondary N) is 1.